The third-order valence-electron chi connectivity index (χ3n) is 4.52. The summed E-state index contributed by atoms with van der Waals surface area (Å²) in [4.78, 5) is 17.7. The second kappa shape index (κ2) is 5.98. The molecule has 23 heavy (non-hydrogen) atoms. The van der Waals surface area contributed by atoms with E-state index in [2.05, 4.69) is 15.6 Å². The van der Waals surface area contributed by atoms with Crippen LogP contribution < -0.4 is 16.4 Å². The number of aromatic nitrogens is 1. The van der Waals surface area contributed by atoms with Crippen molar-refractivity contribution in [3.63, 3.8) is 0 Å². The Morgan fingerprint density at radius 3 is 2.91 bits per heavy atom. The van der Waals surface area contributed by atoms with Gasteiger partial charge in [-0.25, -0.2) is 4.98 Å². The third kappa shape index (κ3) is 3.33. The highest BCUT2D eigenvalue weighted by atomic mass is 32.1. The zero-order chi connectivity index (χ0) is 16.0. The Balaban J connectivity index is 1.33. The standard InChI is InChI=1S/C16H20N4OS2/c1-8-18-6-15(23-8)20-16(21)9-2-14(22-7-9)12-5-13(12)19-11-3-10(17)4-11/h2,6-7,10-13,19H,3-5,17H2,1H3,(H,20,21). The quantitative estimate of drug-likeness (QED) is 0.776. The van der Waals surface area contributed by atoms with Crippen LogP contribution in [0.25, 0.3) is 0 Å². The first kappa shape index (κ1) is 15.3. The monoisotopic (exact) mass is 348 g/mol. The fraction of sp³-hybridized carbons (Fsp3) is 0.500. The molecule has 2 fully saturated rings. The number of hydrogen-bond acceptors (Lipinski definition) is 6. The van der Waals surface area contributed by atoms with E-state index >= 15 is 0 Å². The van der Waals surface area contributed by atoms with Crippen LogP contribution >= 0.6 is 22.7 Å². The fourth-order valence-corrected chi connectivity index (χ4v) is 4.81. The molecule has 0 spiro atoms. The van der Waals surface area contributed by atoms with Gasteiger partial charge in [0.2, 0.25) is 0 Å². The molecule has 4 rings (SSSR count). The molecule has 2 heterocycles. The van der Waals surface area contributed by atoms with Crippen LogP contribution in [0.1, 0.15) is 45.4 Å². The minimum absolute atomic E-state index is 0.0497. The summed E-state index contributed by atoms with van der Waals surface area (Å²) in [6.07, 6.45) is 5.06. The number of amides is 1. The number of nitrogens with zero attached hydrogens (tertiary/aromatic N) is 1. The van der Waals surface area contributed by atoms with E-state index in [0.29, 0.717) is 24.0 Å². The first-order valence-electron chi connectivity index (χ1n) is 7.92. The van der Waals surface area contributed by atoms with Gasteiger partial charge in [-0.2, -0.15) is 0 Å². The van der Waals surface area contributed by atoms with Crippen LogP contribution in [0.4, 0.5) is 5.00 Å². The van der Waals surface area contributed by atoms with Crippen molar-refractivity contribution in [1.82, 2.24) is 10.3 Å². The molecule has 5 nitrogen and oxygen atoms in total. The second-order valence-corrected chi connectivity index (χ2v) is 8.66. The summed E-state index contributed by atoms with van der Waals surface area (Å²) in [6.45, 7) is 1.93. The lowest BCUT2D eigenvalue weighted by atomic mass is 9.87. The van der Waals surface area contributed by atoms with Crippen molar-refractivity contribution in [2.45, 2.75) is 50.2 Å². The average Bonchev–Trinajstić information content (AvgIpc) is 2.90. The van der Waals surface area contributed by atoms with E-state index in [1.54, 1.807) is 17.5 Å². The summed E-state index contributed by atoms with van der Waals surface area (Å²) in [7, 11) is 0. The number of hydrogen-bond donors (Lipinski definition) is 3. The van der Waals surface area contributed by atoms with E-state index in [1.165, 1.54) is 22.6 Å². The normalized spacial score (nSPS) is 29.1. The van der Waals surface area contributed by atoms with Gasteiger partial charge in [-0.3, -0.25) is 4.79 Å². The molecule has 2 atom stereocenters. The Labute approximate surface area is 143 Å². The van der Waals surface area contributed by atoms with Crippen LogP contribution in [0, 0.1) is 6.92 Å². The molecule has 0 saturated heterocycles. The highest BCUT2D eigenvalue weighted by molar-refractivity contribution is 7.15. The molecule has 0 aliphatic heterocycles. The minimum Gasteiger partial charge on any atom is -0.328 e. The fourth-order valence-electron chi connectivity index (χ4n) is 3.06. The van der Waals surface area contributed by atoms with Crippen LogP contribution in [0.3, 0.4) is 0 Å². The maximum atomic E-state index is 12.3. The topological polar surface area (TPSA) is 80.0 Å². The molecule has 122 valence electrons. The number of anilines is 1. The Morgan fingerprint density at radius 1 is 1.39 bits per heavy atom. The molecule has 0 bridgehead atoms. The van der Waals surface area contributed by atoms with E-state index in [1.807, 2.05) is 18.4 Å². The third-order valence-corrected chi connectivity index (χ3v) is 6.41. The van der Waals surface area contributed by atoms with Crippen LogP contribution in [-0.2, 0) is 0 Å². The average molecular weight is 348 g/mol. The predicted molar refractivity (Wildman–Crippen MR) is 94.4 cm³/mol. The molecule has 7 heteroatoms. The largest absolute Gasteiger partial charge is 0.328 e. The van der Waals surface area contributed by atoms with Gasteiger partial charge in [0.25, 0.3) is 5.91 Å². The molecule has 2 unspecified atom stereocenters. The smallest absolute Gasteiger partial charge is 0.257 e. The number of carbonyl (C=O) groups is 1. The van der Waals surface area contributed by atoms with Crippen molar-refractivity contribution in [2.24, 2.45) is 5.73 Å². The highest BCUT2D eigenvalue weighted by Gasteiger charge is 2.42. The van der Waals surface area contributed by atoms with E-state index in [9.17, 15) is 4.79 Å². The zero-order valence-corrected chi connectivity index (χ0v) is 14.5. The number of thiazole rings is 1. The van der Waals surface area contributed by atoms with E-state index < -0.39 is 0 Å². The summed E-state index contributed by atoms with van der Waals surface area (Å²) >= 11 is 3.18. The lowest BCUT2D eigenvalue weighted by Gasteiger charge is -2.33. The summed E-state index contributed by atoms with van der Waals surface area (Å²) in [5.74, 6) is 0.510. The summed E-state index contributed by atoms with van der Waals surface area (Å²) in [6, 6.07) is 3.58. The Morgan fingerprint density at radius 2 is 2.22 bits per heavy atom. The van der Waals surface area contributed by atoms with Gasteiger partial charge in [-0.05, 0) is 32.3 Å². The molecule has 2 aliphatic rings. The Kier molecular flexibility index (Phi) is 3.96. The molecule has 2 aliphatic carbocycles. The van der Waals surface area contributed by atoms with Crippen LogP contribution in [0.15, 0.2) is 17.6 Å². The first-order chi connectivity index (χ1) is 11.1. The van der Waals surface area contributed by atoms with Crippen molar-refractivity contribution in [3.8, 4) is 0 Å². The molecule has 4 N–H and O–H groups in total. The lowest BCUT2D eigenvalue weighted by molar-refractivity contribution is 0.102. The van der Waals surface area contributed by atoms with Crippen molar-refractivity contribution < 1.29 is 4.79 Å². The van der Waals surface area contributed by atoms with E-state index in [4.69, 9.17) is 5.73 Å². The number of thiophene rings is 1. The number of aryl methyl sites for hydroxylation is 1. The van der Waals surface area contributed by atoms with E-state index in [0.717, 1.165) is 28.4 Å². The molecule has 2 aromatic rings. The van der Waals surface area contributed by atoms with Gasteiger partial charge in [-0.1, -0.05) is 0 Å². The summed E-state index contributed by atoms with van der Waals surface area (Å²) < 4.78 is 0. The van der Waals surface area contributed by atoms with Gasteiger partial charge in [0.1, 0.15) is 5.00 Å². The number of rotatable bonds is 5. The summed E-state index contributed by atoms with van der Waals surface area (Å²) in [5.41, 5.74) is 6.57. The van der Waals surface area contributed by atoms with Crippen molar-refractivity contribution in [1.29, 1.82) is 0 Å². The summed E-state index contributed by atoms with van der Waals surface area (Å²) in [5, 5.41) is 10.3. The number of carbonyl (C=O) groups excluding carboxylic acids is 1. The lowest BCUT2D eigenvalue weighted by Crippen LogP contribution is -2.49. The van der Waals surface area contributed by atoms with Gasteiger partial charge < -0.3 is 16.4 Å². The van der Waals surface area contributed by atoms with Gasteiger partial charge in [0, 0.05) is 34.3 Å². The zero-order valence-electron chi connectivity index (χ0n) is 12.9. The van der Waals surface area contributed by atoms with Crippen molar-refractivity contribution >= 4 is 33.6 Å². The van der Waals surface area contributed by atoms with Gasteiger partial charge in [0.05, 0.1) is 16.8 Å². The molecule has 0 aromatic carbocycles. The number of nitrogens with one attached hydrogen (secondary N) is 2. The molecular formula is C16H20N4OS2. The van der Waals surface area contributed by atoms with Crippen LogP contribution in [0.2, 0.25) is 0 Å². The minimum atomic E-state index is -0.0497. The van der Waals surface area contributed by atoms with Gasteiger partial charge in [0.15, 0.2) is 0 Å². The molecule has 0 radical (unpaired) electrons. The number of nitrogens with two attached hydrogens (primary N) is 1. The Hall–Kier alpha value is -1.28. The van der Waals surface area contributed by atoms with E-state index in [-0.39, 0.29) is 5.91 Å². The van der Waals surface area contributed by atoms with Gasteiger partial charge in [-0.15, -0.1) is 22.7 Å². The van der Waals surface area contributed by atoms with Crippen molar-refractivity contribution in [2.75, 3.05) is 5.32 Å². The molecule has 1 amide bonds. The predicted octanol–water partition coefficient (Wildman–Crippen LogP) is 2.70. The van der Waals surface area contributed by atoms with Gasteiger partial charge >= 0.3 is 0 Å². The molecule has 2 aromatic heterocycles. The van der Waals surface area contributed by atoms with Crippen LogP contribution in [0.5, 0.6) is 0 Å². The second-order valence-electron chi connectivity index (χ2n) is 6.48. The maximum Gasteiger partial charge on any atom is 0.257 e. The molecule has 2 saturated carbocycles. The highest BCUT2D eigenvalue weighted by Crippen LogP contribution is 2.44. The van der Waals surface area contributed by atoms with Crippen molar-refractivity contribution in [3.05, 3.63) is 33.1 Å². The van der Waals surface area contributed by atoms with Crippen LogP contribution in [-0.4, -0.2) is 29.0 Å². The SMILES string of the molecule is Cc1ncc(NC(=O)c2csc(C3CC3NC3CC(N)C3)c2)s1. The Bertz CT molecular complexity index is 719. The molecular weight excluding hydrogens is 328 g/mol. The maximum absolute atomic E-state index is 12.3. The first-order valence-corrected chi connectivity index (χ1v) is 9.62.